The van der Waals surface area contributed by atoms with Crippen LogP contribution in [0.2, 0.25) is 0 Å². The molecule has 1 N–H and O–H groups in total. The fourth-order valence-corrected chi connectivity index (χ4v) is 3.00. The van der Waals surface area contributed by atoms with Crippen molar-refractivity contribution in [1.29, 1.82) is 0 Å². The maximum Gasteiger partial charge on any atom is 0.265 e. The fourth-order valence-electron chi connectivity index (χ4n) is 3.00. The van der Waals surface area contributed by atoms with Crippen LogP contribution in [-0.2, 0) is 0 Å². The van der Waals surface area contributed by atoms with Crippen LogP contribution in [0.4, 0.5) is 0 Å². The highest BCUT2D eigenvalue weighted by Crippen LogP contribution is 2.11. The Hall–Kier alpha value is -2.99. The number of aromatic nitrogens is 2. The summed E-state index contributed by atoms with van der Waals surface area (Å²) in [6, 6.07) is 14.2. The number of para-hydroxylation sites is 1. The molecule has 1 aromatic heterocycles. The summed E-state index contributed by atoms with van der Waals surface area (Å²) >= 11 is 0. The number of likely N-dealkylation sites (N-methyl/N-ethyl adjacent to an activating group) is 1. The molecule has 0 radical (unpaired) electrons. The largest absolute Gasteiger partial charge is 0.351 e. The molecule has 2 aromatic carbocycles. The summed E-state index contributed by atoms with van der Waals surface area (Å²) in [5.74, 6) is -0.113. The Bertz CT molecular complexity index is 975. The first-order valence-corrected chi connectivity index (χ1v) is 9.21. The standard InChI is InChI=1S/C21H24N4O2/c1-3-24(4-2)14-13-22-20(26)16-9-11-17(12-10-16)25-15-23-19-8-6-5-7-18(19)21(25)27/h5-12,15H,3-4,13-14H2,1-2H3,(H,22,26). The first kappa shape index (κ1) is 18.8. The molecule has 0 unspecified atom stereocenters. The zero-order chi connectivity index (χ0) is 19.2. The molecule has 0 atom stereocenters. The molecular formula is C21H24N4O2. The lowest BCUT2D eigenvalue weighted by Gasteiger charge is -2.18. The van der Waals surface area contributed by atoms with Crippen molar-refractivity contribution in [3.63, 3.8) is 0 Å². The summed E-state index contributed by atoms with van der Waals surface area (Å²) in [5, 5.41) is 3.50. The molecule has 3 aromatic rings. The molecule has 140 valence electrons. The maximum absolute atomic E-state index is 12.6. The first-order chi connectivity index (χ1) is 13.1. The van der Waals surface area contributed by atoms with Crippen LogP contribution in [0.5, 0.6) is 0 Å². The molecule has 0 aliphatic carbocycles. The number of hydrogen-bond acceptors (Lipinski definition) is 4. The van der Waals surface area contributed by atoms with Gasteiger partial charge in [-0.3, -0.25) is 14.2 Å². The molecule has 0 saturated carbocycles. The lowest BCUT2D eigenvalue weighted by molar-refractivity contribution is 0.0949. The van der Waals surface area contributed by atoms with Gasteiger partial charge in [0.2, 0.25) is 0 Å². The summed E-state index contributed by atoms with van der Waals surface area (Å²) in [6.45, 7) is 7.58. The van der Waals surface area contributed by atoms with Crippen LogP contribution in [-0.4, -0.2) is 46.5 Å². The Kier molecular flexibility index (Phi) is 5.98. The van der Waals surface area contributed by atoms with Gasteiger partial charge in [-0.15, -0.1) is 0 Å². The predicted octanol–water partition coefficient (Wildman–Crippen LogP) is 2.46. The Morgan fingerprint density at radius 3 is 2.48 bits per heavy atom. The van der Waals surface area contributed by atoms with E-state index in [0.717, 1.165) is 19.6 Å². The predicted molar refractivity (Wildman–Crippen MR) is 107 cm³/mol. The smallest absolute Gasteiger partial charge is 0.265 e. The molecule has 0 bridgehead atoms. The Labute approximate surface area is 158 Å². The number of nitrogens with zero attached hydrogens (tertiary/aromatic N) is 3. The van der Waals surface area contributed by atoms with E-state index in [0.29, 0.717) is 28.7 Å². The zero-order valence-corrected chi connectivity index (χ0v) is 15.7. The number of carbonyl (C=O) groups is 1. The van der Waals surface area contributed by atoms with Gasteiger partial charge in [0.1, 0.15) is 6.33 Å². The van der Waals surface area contributed by atoms with Gasteiger partial charge >= 0.3 is 0 Å². The number of carbonyl (C=O) groups excluding carboxylic acids is 1. The third-order valence-electron chi connectivity index (χ3n) is 4.68. The summed E-state index contributed by atoms with van der Waals surface area (Å²) < 4.78 is 1.49. The Morgan fingerprint density at radius 1 is 1.07 bits per heavy atom. The van der Waals surface area contributed by atoms with Crippen molar-refractivity contribution < 1.29 is 4.79 Å². The third-order valence-corrected chi connectivity index (χ3v) is 4.68. The van der Waals surface area contributed by atoms with E-state index in [-0.39, 0.29) is 11.5 Å². The van der Waals surface area contributed by atoms with Crippen LogP contribution in [0.3, 0.4) is 0 Å². The Balaban J connectivity index is 1.73. The van der Waals surface area contributed by atoms with Crippen LogP contribution < -0.4 is 10.9 Å². The van der Waals surface area contributed by atoms with Gasteiger partial charge in [-0.05, 0) is 49.5 Å². The number of hydrogen-bond donors (Lipinski definition) is 1. The van der Waals surface area contributed by atoms with E-state index in [2.05, 4.69) is 29.0 Å². The van der Waals surface area contributed by atoms with Gasteiger partial charge in [0.15, 0.2) is 0 Å². The van der Waals surface area contributed by atoms with Gasteiger partial charge in [0.25, 0.3) is 11.5 Å². The maximum atomic E-state index is 12.6. The number of fused-ring (bicyclic) bond motifs is 1. The van der Waals surface area contributed by atoms with E-state index in [1.54, 1.807) is 30.3 Å². The molecule has 0 spiro atoms. The summed E-state index contributed by atoms with van der Waals surface area (Å²) in [4.78, 5) is 31.5. The highest BCUT2D eigenvalue weighted by Gasteiger charge is 2.08. The van der Waals surface area contributed by atoms with Gasteiger partial charge in [-0.2, -0.15) is 0 Å². The highest BCUT2D eigenvalue weighted by molar-refractivity contribution is 5.94. The molecular weight excluding hydrogens is 340 g/mol. The monoisotopic (exact) mass is 364 g/mol. The highest BCUT2D eigenvalue weighted by atomic mass is 16.1. The average Bonchev–Trinajstić information content (AvgIpc) is 2.72. The van der Waals surface area contributed by atoms with Crippen molar-refractivity contribution in [3.8, 4) is 5.69 Å². The van der Waals surface area contributed by atoms with Crippen molar-refractivity contribution in [2.75, 3.05) is 26.2 Å². The third kappa shape index (κ3) is 4.23. The van der Waals surface area contributed by atoms with Crippen LogP contribution >= 0.6 is 0 Å². The number of benzene rings is 2. The van der Waals surface area contributed by atoms with E-state index < -0.39 is 0 Å². The van der Waals surface area contributed by atoms with Gasteiger partial charge in [0, 0.05) is 18.7 Å². The Morgan fingerprint density at radius 2 is 1.78 bits per heavy atom. The number of rotatable bonds is 7. The van der Waals surface area contributed by atoms with Crippen molar-refractivity contribution in [1.82, 2.24) is 19.8 Å². The SMILES string of the molecule is CCN(CC)CCNC(=O)c1ccc(-n2cnc3ccccc3c2=O)cc1. The summed E-state index contributed by atoms with van der Waals surface area (Å²) in [6.07, 6.45) is 1.52. The lowest BCUT2D eigenvalue weighted by Crippen LogP contribution is -2.34. The van der Waals surface area contributed by atoms with Crippen molar-refractivity contribution >= 4 is 16.8 Å². The summed E-state index contributed by atoms with van der Waals surface area (Å²) in [5.41, 5.74) is 1.79. The first-order valence-electron chi connectivity index (χ1n) is 9.21. The van der Waals surface area contributed by atoms with Gasteiger partial charge in [-0.25, -0.2) is 4.98 Å². The molecule has 0 aliphatic heterocycles. The van der Waals surface area contributed by atoms with Gasteiger partial charge in [0.05, 0.1) is 16.6 Å². The molecule has 0 fully saturated rings. The van der Waals surface area contributed by atoms with E-state index in [1.807, 2.05) is 18.2 Å². The molecule has 0 saturated heterocycles. The topological polar surface area (TPSA) is 67.2 Å². The minimum atomic E-state index is -0.128. The fraction of sp³-hybridized carbons (Fsp3) is 0.286. The van der Waals surface area contributed by atoms with Crippen molar-refractivity contribution in [2.24, 2.45) is 0 Å². The van der Waals surface area contributed by atoms with Crippen molar-refractivity contribution in [3.05, 3.63) is 70.8 Å². The molecule has 6 nitrogen and oxygen atoms in total. The van der Waals surface area contributed by atoms with E-state index >= 15 is 0 Å². The van der Waals surface area contributed by atoms with Crippen LogP contribution in [0, 0.1) is 0 Å². The van der Waals surface area contributed by atoms with E-state index in [9.17, 15) is 9.59 Å². The van der Waals surface area contributed by atoms with E-state index in [4.69, 9.17) is 0 Å². The van der Waals surface area contributed by atoms with Crippen LogP contribution in [0.15, 0.2) is 59.7 Å². The summed E-state index contributed by atoms with van der Waals surface area (Å²) in [7, 11) is 0. The lowest BCUT2D eigenvalue weighted by atomic mass is 10.2. The minimum absolute atomic E-state index is 0.113. The van der Waals surface area contributed by atoms with Crippen LogP contribution in [0.1, 0.15) is 24.2 Å². The second-order valence-corrected chi connectivity index (χ2v) is 6.27. The second-order valence-electron chi connectivity index (χ2n) is 6.27. The molecule has 1 amide bonds. The number of nitrogens with one attached hydrogen (secondary N) is 1. The van der Waals surface area contributed by atoms with Gasteiger partial charge in [-0.1, -0.05) is 26.0 Å². The minimum Gasteiger partial charge on any atom is -0.351 e. The quantitative estimate of drug-likeness (QED) is 0.699. The number of amides is 1. The normalized spacial score (nSPS) is 11.1. The zero-order valence-electron chi connectivity index (χ0n) is 15.7. The van der Waals surface area contributed by atoms with Crippen LogP contribution in [0.25, 0.3) is 16.6 Å². The second kappa shape index (κ2) is 8.60. The van der Waals surface area contributed by atoms with Crippen molar-refractivity contribution in [2.45, 2.75) is 13.8 Å². The molecule has 6 heteroatoms. The molecule has 1 heterocycles. The molecule has 27 heavy (non-hydrogen) atoms. The van der Waals surface area contributed by atoms with Gasteiger partial charge < -0.3 is 10.2 Å². The van der Waals surface area contributed by atoms with E-state index in [1.165, 1.54) is 10.9 Å². The molecule has 0 aliphatic rings. The molecule has 3 rings (SSSR count). The average molecular weight is 364 g/mol.